The molecule has 0 bridgehead atoms. The molecule has 0 spiro atoms. The number of benzene rings is 2. The van der Waals surface area contributed by atoms with Gasteiger partial charge in [0.05, 0.1) is 0 Å². The maximum atomic E-state index is 13.5. The van der Waals surface area contributed by atoms with Gasteiger partial charge in [-0.05, 0) is 59.9 Å². The van der Waals surface area contributed by atoms with E-state index in [0.29, 0.717) is 18.7 Å². The summed E-state index contributed by atoms with van der Waals surface area (Å²) in [5, 5.41) is 0. The zero-order valence-corrected chi connectivity index (χ0v) is 14.8. The highest BCUT2D eigenvalue weighted by atomic mass is 19.1. The third kappa shape index (κ3) is 2.88. The summed E-state index contributed by atoms with van der Waals surface area (Å²) in [5.41, 5.74) is 6.45. The van der Waals surface area contributed by atoms with Crippen molar-refractivity contribution in [1.29, 1.82) is 0 Å². The van der Waals surface area contributed by atoms with Gasteiger partial charge in [-0.2, -0.15) is 0 Å². The lowest BCUT2D eigenvalue weighted by molar-refractivity contribution is 0.0766. The van der Waals surface area contributed by atoms with Crippen LogP contribution in [0.1, 0.15) is 32.6 Å². The third-order valence-corrected chi connectivity index (χ3v) is 4.87. The van der Waals surface area contributed by atoms with Crippen molar-refractivity contribution in [2.75, 3.05) is 0 Å². The van der Waals surface area contributed by atoms with Crippen molar-refractivity contribution >= 4 is 5.91 Å². The van der Waals surface area contributed by atoms with E-state index in [1.807, 2.05) is 36.2 Å². The summed E-state index contributed by atoms with van der Waals surface area (Å²) in [6.07, 6.45) is 3.58. The molecule has 1 aromatic heterocycles. The zero-order valence-electron chi connectivity index (χ0n) is 14.8. The van der Waals surface area contributed by atoms with Crippen molar-refractivity contribution in [3.8, 4) is 11.1 Å². The number of amides is 1. The second-order valence-corrected chi connectivity index (χ2v) is 6.81. The van der Waals surface area contributed by atoms with Crippen LogP contribution in [0.5, 0.6) is 0 Å². The molecule has 0 saturated heterocycles. The summed E-state index contributed by atoms with van der Waals surface area (Å²) >= 11 is 0. The number of hydrogen-bond acceptors (Lipinski definition) is 2. The Kier molecular flexibility index (Phi) is 4.03. The number of carbonyl (C=O) groups is 1. The monoisotopic (exact) mass is 346 g/mol. The number of halogens is 1. The Morgan fingerprint density at radius 1 is 1.08 bits per heavy atom. The van der Waals surface area contributed by atoms with Gasteiger partial charge >= 0.3 is 0 Å². The minimum Gasteiger partial charge on any atom is -0.330 e. The molecule has 4 rings (SSSR count). The molecule has 0 radical (unpaired) electrons. The molecule has 0 fully saturated rings. The molecule has 0 N–H and O–H groups in total. The Morgan fingerprint density at radius 2 is 1.92 bits per heavy atom. The van der Waals surface area contributed by atoms with Gasteiger partial charge in [-0.25, -0.2) is 4.39 Å². The quantitative estimate of drug-likeness (QED) is 0.691. The first-order valence-electron chi connectivity index (χ1n) is 8.61. The number of nitrogens with zero attached hydrogens (tertiary/aromatic N) is 2. The van der Waals surface area contributed by atoms with Crippen LogP contribution in [0.2, 0.25) is 0 Å². The van der Waals surface area contributed by atoms with Crippen molar-refractivity contribution in [3.05, 3.63) is 88.5 Å². The van der Waals surface area contributed by atoms with Crippen LogP contribution in [0, 0.1) is 19.7 Å². The SMILES string of the molecule is Cc1cc(CN2Cc3cc(-c4cccnc4)cc(C)c3C2=O)ccc1F. The number of aromatic nitrogens is 1. The van der Waals surface area contributed by atoms with Crippen LogP contribution in [-0.4, -0.2) is 15.8 Å². The molecule has 0 unspecified atom stereocenters. The molecule has 3 nitrogen and oxygen atoms in total. The fourth-order valence-corrected chi connectivity index (χ4v) is 3.58. The van der Waals surface area contributed by atoms with Crippen LogP contribution < -0.4 is 0 Å². The zero-order chi connectivity index (χ0) is 18.3. The first kappa shape index (κ1) is 16.5. The van der Waals surface area contributed by atoms with E-state index in [0.717, 1.165) is 33.4 Å². The van der Waals surface area contributed by atoms with Gasteiger partial charge in [0.2, 0.25) is 0 Å². The van der Waals surface area contributed by atoms with Crippen molar-refractivity contribution in [1.82, 2.24) is 9.88 Å². The molecule has 0 atom stereocenters. The topological polar surface area (TPSA) is 33.2 Å². The van der Waals surface area contributed by atoms with Gasteiger partial charge in [0.25, 0.3) is 5.91 Å². The molecule has 0 saturated carbocycles. The highest BCUT2D eigenvalue weighted by molar-refractivity contribution is 6.00. The third-order valence-electron chi connectivity index (χ3n) is 4.87. The summed E-state index contributed by atoms with van der Waals surface area (Å²) in [4.78, 5) is 18.9. The fourth-order valence-electron chi connectivity index (χ4n) is 3.58. The van der Waals surface area contributed by atoms with Crippen molar-refractivity contribution in [3.63, 3.8) is 0 Å². The van der Waals surface area contributed by atoms with Crippen LogP contribution in [0.15, 0.2) is 54.9 Å². The predicted octanol–water partition coefficient (Wildman–Crippen LogP) is 4.66. The first-order chi connectivity index (χ1) is 12.5. The molecular formula is C22H19FN2O. The van der Waals surface area contributed by atoms with E-state index in [9.17, 15) is 9.18 Å². The smallest absolute Gasteiger partial charge is 0.255 e. The van der Waals surface area contributed by atoms with Crippen LogP contribution >= 0.6 is 0 Å². The van der Waals surface area contributed by atoms with Crippen molar-refractivity contribution in [2.24, 2.45) is 0 Å². The molecule has 3 aromatic rings. The highest BCUT2D eigenvalue weighted by Gasteiger charge is 2.29. The minimum atomic E-state index is -0.221. The van der Waals surface area contributed by atoms with Gasteiger partial charge in [-0.3, -0.25) is 9.78 Å². The Bertz CT molecular complexity index is 999. The van der Waals surface area contributed by atoms with Crippen LogP contribution in [0.3, 0.4) is 0 Å². The Hall–Kier alpha value is -3.01. The normalized spacial score (nSPS) is 13.2. The lowest BCUT2D eigenvalue weighted by Gasteiger charge is -2.16. The maximum absolute atomic E-state index is 13.5. The molecule has 26 heavy (non-hydrogen) atoms. The number of hydrogen-bond donors (Lipinski definition) is 0. The van der Waals surface area contributed by atoms with Gasteiger partial charge < -0.3 is 4.90 Å². The van der Waals surface area contributed by atoms with E-state index in [-0.39, 0.29) is 11.7 Å². The molecule has 1 aliphatic rings. The summed E-state index contributed by atoms with van der Waals surface area (Å²) in [5.74, 6) is -0.182. The van der Waals surface area contributed by atoms with Crippen LogP contribution in [0.25, 0.3) is 11.1 Å². The lowest BCUT2D eigenvalue weighted by Crippen LogP contribution is -2.23. The molecule has 0 aliphatic carbocycles. The summed E-state index contributed by atoms with van der Waals surface area (Å²) < 4.78 is 13.5. The van der Waals surface area contributed by atoms with Crippen molar-refractivity contribution < 1.29 is 9.18 Å². The van der Waals surface area contributed by atoms with Crippen LogP contribution in [-0.2, 0) is 13.1 Å². The summed E-state index contributed by atoms with van der Waals surface area (Å²) in [6, 6.07) is 13.1. The van der Waals surface area contributed by atoms with E-state index >= 15 is 0 Å². The van der Waals surface area contributed by atoms with Gasteiger partial charge in [-0.1, -0.05) is 24.3 Å². The van der Waals surface area contributed by atoms with Gasteiger partial charge in [-0.15, -0.1) is 0 Å². The predicted molar refractivity (Wildman–Crippen MR) is 99.1 cm³/mol. The Balaban J connectivity index is 1.64. The van der Waals surface area contributed by atoms with E-state index in [1.165, 1.54) is 6.07 Å². The number of fused-ring (bicyclic) bond motifs is 1. The van der Waals surface area contributed by atoms with Crippen LogP contribution in [0.4, 0.5) is 4.39 Å². The number of carbonyl (C=O) groups excluding carboxylic acids is 1. The molecule has 1 amide bonds. The van der Waals surface area contributed by atoms with Gasteiger partial charge in [0, 0.05) is 36.6 Å². The van der Waals surface area contributed by atoms with Gasteiger partial charge in [0.15, 0.2) is 0 Å². The molecule has 130 valence electrons. The lowest BCUT2D eigenvalue weighted by atomic mass is 9.97. The molecule has 1 aliphatic heterocycles. The Labute approximate surface area is 152 Å². The first-order valence-corrected chi connectivity index (χ1v) is 8.61. The largest absolute Gasteiger partial charge is 0.330 e. The van der Waals surface area contributed by atoms with E-state index in [1.54, 1.807) is 25.3 Å². The molecule has 2 heterocycles. The number of aryl methyl sites for hydroxylation is 2. The van der Waals surface area contributed by atoms with E-state index < -0.39 is 0 Å². The number of rotatable bonds is 3. The summed E-state index contributed by atoms with van der Waals surface area (Å²) in [6.45, 7) is 4.77. The highest BCUT2D eigenvalue weighted by Crippen LogP contribution is 2.32. The van der Waals surface area contributed by atoms with E-state index in [4.69, 9.17) is 0 Å². The number of pyridine rings is 1. The molecule has 2 aromatic carbocycles. The van der Waals surface area contributed by atoms with Crippen molar-refractivity contribution in [2.45, 2.75) is 26.9 Å². The average Bonchev–Trinajstić information content (AvgIpc) is 2.95. The second kappa shape index (κ2) is 6.37. The molecular weight excluding hydrogens is 327 g/mol. The standard InChI is InChI=1S/C22H19FN2O/c1-14-8-16(5-6-20(14)23)12-25-13-19-10-18(17-4-3-7-24-11-17)9-15(2)21(19)22(25)26/h3-11H,12-13H2,1-2H3. The minimum absolute atomic E-state index is 0.0391. The fraction of sp³-hybridized carbons (Fsp3) is 0.182. The second-order valence-electron chi connectivity index (χ2n) is 6.81. The average molecular weight is 346 g/mol. The molecule has 4 heteroatoms. The maximum Gasteiger partial charge on any atom is 0.255 e. The summed E-state index contributed by atoms with van der Waals surface area (Å²) in [7, 11) is 0. The Morgan fingerprint density at radius 3 is 2.65 bits per heavy atom. The van der Waals surface area contributed by atoms with E-state index in [2.05, 4.69) is 11.1 Å². The van der Waals surface area contributed by atoms with Gasteiger partial charge in [0.1, 0.15) is 5.82 Å².